The maximum Gasteiger partial charge on any atom is 0.262 e. The van der Waals surface area contributed by atoms with Crippen molar-refractivity contribution in [1.29, 1.82) is 0 Å². The summed E-state index contributed by atoms with van der Waals surface area (Å²) < 4.78 is 33.4. The summed E-state index contributed by atoms with van der Waals surface area (Å²) in [6, 6.07) is 7.02. The van der Waals surface area contributed by atoms with E-state index < -0.39 is 15.9 Å². The highest BCUT2D eigenvalue weighted by Gasteiger charge is 2.34. The Kier molecular flexibility index (Phi) is 5.28. The molecule has 0 radical (unpaired) electrons. The van der Waals surface area contributed by atoms with Crippen molar-refractivity contribution in [3.05, 3.63) is 36.8 Å². The largest absolute Gasteiger partial charge is 0.497 e. The van der Waals surface area contributed by atoms with Gasteiger partial charge in [-0.05, 0) is 37.1 Å². The Bertz CT molecular complexity index is 876. The van der Waals surface area contributed by atoms with Crippen molar-refractivity contribution >= 4 is 21.6 Å². The average molecular weight is 378 g/mol. The molecule has 0 bridgehead atoms. The van der Waals surface area contributed by atoms with E-state index in [0.717, 1.165) is 0 Å². The van der Waals surface area contributed by atoms with Gasteiger partial charge in [0.05, 0.1) is 19.4 Å². The molecule has 1 aliphatic heterocycles. The monoisotopic (exact) mass is 378 g/mol. The molecule has 26 heavy (non-hydrogen) atoms. The third-order valence-electron chi connectivity index (χ3n) is 4.40. The fourth-order valence-corrected chi connectivity index (χ4v) is 4.44. The zero-order chi connectivity index (χ0) is 18.7. The fraction of sp³-hybridized carbons (Fsp3) is 0.412. The number of aryl methyl sites for hydroxylation is 1. The molecule has 1 fully saturated rings. The topological polar surface area (TPSA) is 93.5 Å². The van der Waals surface area contributed by atoms with Crippen molar-refractivity contribution < 1.29 is 17.9 Å². The highest BCUT2D eigenvalue weighted by atomic mass is 32.2. The molecule has 9 heteroatoms. The van der Waals surface area contributed by atoms with Crippen LogP contribution in [0.4, 0.5) is 5.69 Å². The molecule has 3 rings (SSSR count). The van der Waals surface area contributed by atoms with Gasteiger partial charge in [0.15, 0.2) is 5.03 Å². The van der Waals surface area contributed by atoms with Crippen molar-refractivity contribution in [1.82, 2.24) is 13.9 Å². The molecule has 1 saturated heterocycles. The van der Waals surface area contributed by atoms with E-state index in [-0.39, 0.29) is 17.5 Å². The lowest BCUT2D eigenvalue weighted by Crippen LogP contribution is -2.43. The van der Waals surface area contributed by atoms with Gasteiger partial charge in [-0.1, -0.05) is 0 Å². The summed E-state index contributed by atoms with van der Waals surface area (Å²) in [5.41, 5.74) is 0.653. The van der Waals surface area contributed by atoms with Crippen LogP contribution < -0.4 is 10.1 Å². The smallest absolute Gasteiger partial charge is 0.262 e. The van der Waals surface area contributed by atoms with Crippen LogP contribution in [0, 0.1) is 5.92 Å². The van der Waals surface area contributed by atoms with Crippen molar-refractivity contribution in [2.24, 2.45) is 13.0 Å². The molecule has 8 nitrogen and oxygen atoms in total. The number of amides is 1. The van der Waals surface area contributed by atoms with Gasteiger partial charge in [0.2, 0.25) is 5.91 Å². The number of benzene rings is 1. The molecule has 0 saturated carbocycles. The third kappa shape index (κ3) is 3.88. The summed E-state index contributed by atoms with van der Waals surface area (Å²) in [5, 5.41) is 2.85. The molecular weight excluding hydrogens is 356 g/mol. The quantitative estimate of drug-likeness (QED) is 0.850. The second kappa shape index (κ2) is 7.46. The van der Waals surface area contributed by atoms with Gasteiger partial charge in [0.1, 0.15) is 5.75 Å². The summed E-state index contributed by atoms with van der Waals surface area (Å²) in [5.74, 6) is 0.119. The minimum atomic E-state index is -3.68. The minimum absolute atomic E-state index is 0.0104. The number of ether oxygens (including phenoxy) is 1. The molecular formula is C17H22N4O4S. The van der Waals surface area contributed by atoms with Crippen molar-refractivity contribution in [2.75, 3.05) is 25.5 Å². The molecule has 1 aromatic carbocycles. The Morgan fingerprint density at radius 1 is 1.31 bits per heavy atom. The summed E-state index contributed by atoms with van der Waals surface area (Å²) in [6.45, 7) is 0.548. The first-order valence-electron chi connectivity index (χ1n) is 8.33. The van der Waals surface area contributed by atoms with E-state index in [1.807, 2.05) is 0 Å². The van der Waals surface area contributed by atoms with Gasteiger partial charge in [-0.2, -0.15) is 4.31 Å². The number of methoxy groups -OCH3 is 1. The average Bonchev–Trinajstić information content (AvgIpc) is 3.10. The van der Waals surface area contributed by atoms with Crippen molar-refractivity contribution in [2.45, 2.75) is 17.9 Å². The van der Waals surface area contributed by atoms with Crippen LogP contribution in [0.2, 0.25) is 0 Å². The first-order chi connectivity index (χ1) is 12.4. The number of imidazole rings is 1. The van der Waals surface area contributed by atoms with Crippen LogP contribution in [0.5, 0.6) is 5.75 Å². The molecule has 1 aromatic heterocycles. The standard InChI is InChI=1S/C17H22N4O4S/c1-20-11-16(18-12-20)26(23,24)21-9-3-4-13(10-21)17(22)19-14-5-7-15(25-2)8-6-14/h5-8,11-13H,3-4,9-10H2,1-2H3,(H,19,22). The van der Waals surface area contributed by atoms with Crippen molar-refractivity contribution in [3.8, 4) is 5.75 Å². The Hall–Kier alpha value is -2.39. The Morgan fingerprint density at radius 2 is 2.04 bits per heavy atom. The second-order valence-electron chi connectivity index (χ2n) is 6.30. The van der Waals surface area contributed by atoms with Gasteiger partial charge < -0.3 is 14.6 Å². The molecule has 1 unspecified atom stereocenters. The molecule has 1 N–H and O–H groups in total. The number of hydrogen-bond acceptors (Lipinski definition) is 5. The SMILES string of the molecule is COc1ccc(NC(=O)C2CCCN(S(=O)(=O)c3cn(C)cn3)C2)cc1. The first-order valence-corrected chi connectivity index (χ1v) is 9.77. The molecule has 1 atom stereocenters. The molecule has 140 valence electrons. The lowest BCUT2D eigenvalue weighted by Gasteiger charge is -2.30. The summed E-state index contributed by atoms with van der Waals surface area (Å²) in [6.07, 6.45) is 4.20. The summed E-state index contributed by atoms with van der Waals surface area (Å²) >= 11 is 0. The van der Waals surface area contributed by atoms with Gasteiger partial charge in [-0.15, -0.1) is 0 Å². The predicted octanol–water partition coefficient (Wildman–Crippen LogP) is 1.47. The van der Waals surface area contributed by atoms with E-state index in [2.05, 4.69) is 10.3 Å². The van der Waals surface area contributed by atoms with Crippen LogP contribution in [0.15, 0.2) is 41.8 Å². The van der Waals surface area contributed by atoms with Gasteiger partial charge in [-0.25, -0.2) is 13.4 Å². The number of anilines is 1. The Balaban J connectivity index is 1.68. The van der Waals surface area contributed by atoms with Gasteiger partial charge in [0.25, 0.3) is 10.0 Å². The highest BCUT2D eigenvalue weighted by molar-refractivity contribution is 7.89. The van der Waals surface area contributed by atoms with E-state index in [4.69, 9.17) is 4.74 Å². The van der Waals surface area contributed by atoms with E-state index in [1.54, 1.807) is 43.0 Å². The second-order valence-corrected chi connectivity index (χ2v) is 8.18. The number of rotatable bonds is 5. The third-order valence-corrected chi connectivity index (χ3v) is 6.15. The van der Waals surface area contributed by atoms with E-state index >= 15 is 0 Å². The van der Waals surface area contributed by atoms with Crippen LogP contribution in [0.25, 0.3) is 0 Å². The normalized spacial score (nSPS) is 18.5. The lowest BCUT2D eigenvalue weighted by molar-refractivity contribution is -0.120. The number of aromatic nitrogens is 2. The highest BCUT2D eigenvalue weighted by Crippen LogP contribution is 2.24. The maximum atomic E-state index is 12.7. The van der Waals surface area contributed by atoms with E-state index in [0.29, 0.717) is 30.8 Å². The fourth-order valence-electron chi connectivity index (χ4n) is 2.95. The Morgan fingerprint density at radius 3 is 2.65 bits per heavy atom. The lowest BCUT2D eigenvalue weighted by atomic mass is 9.99. The van der Waals surface area contributed by atoms with Crippen LogP contribution >= 0.6 is 0 Å². The maximum absolute atomic E-state index is 12.7. The molecule has 1 aliphatic rings. The first kappa shape index (κ1) is 18.4. The minimum Gasteiger partial charge on any atom is -0.497 e. The predicted molar refractivity (Wildman–Crippen MR) is 96.3 cm³/mol. The Labute approximate surface area is 152 Å². The van der Waals surface area contributed by atoms with Crippen LogP contribution in [-0.2, 0) is 21.9 Å². The van der Waals surface area contributed by atoms with Crippen LogP contribution in [-0.4, -0.2) is 48.4 Å². The zero-order valence-electron chi connectivity index (χ0n) is 14.8. The van der Waals surface area contributed by atoms with E-state index in [1.165, 1.54) is 16.8 Å². The number of carbonyl (C=O) groups excluding carboxylic acids is 1. The molecule has 2 heterocycles. The number of nitrogens with zero attached hydrogens (tertiary/aromatic N) is 3. The van der Waals surface area contributed by atoms with Gasteiger partial charge in [0, 0.05) is 32.0 Å². The molecule has 2 aromatic rings. The van der Waals surface area contributed by atoms with E-state index in [9.17, 15) is 13.2 Å². The van der Waals surface area contributed by atoms with Crippen LogP contribution in [0.1, 0.15) is 12.8 Å². The van der Waals surface area contributed by atoms with Crippen LogP contribution in [0.3, 0.4) is 0 Å². The summed E-state index contributed by atoms with van der Waals surface area (Å²) in [4.78, 5) is 16.5. The number of nitrogens with one attached hydrogen (secondary N) is 1. The number of hydrogen-bond donors (Lipinski definition) is 1. The van der Waals surface area contributed by atoms with Gasteiger partial charge >= 0.3 is 0 Å². The zero-order valence-corrected chi connectivity index (χ0v) is 15.6. The molecule has 0 spiro atoms. The van der Waals surface area contributed by atoms with Crippen molar-refractivity contribution in [3.63, 3.8) is 0 Å². The number of carbonyl (C=O) groups is 1. The summed E-state index contributed by atoms with van der Waals surface area (Å²) in [7, 11) is -0.393. The number of piperidine rings is 1. The molecule has 1 amide bonds. The van der Waals surface area contributed by atoms with Gasteiger partial charge in [-0.3, -0.25) is 4.79 Å². The number of sulfonamides is 1. The molecule has 0 aliphatic carbocycles.